The third-order valence-electron chi connectivity index (χ3n) is 3.88. The number of hydrogen-bond donors (Lipinski definition) is 1. The minimum Gasteiger partial charge on any atom is -0.492 e. The second-order valence-electron chi connectivity index (χ2n) is 5.43. The van der Waals surface area contributed by atoms with E-state index >= 15 is 0 Å². The molecule has 0 amide bonds. The molecule has 1 unspecified atom stereocenters. The molecule has 8 heteroatoms. The second-order valence-corrected chi connectivity index (χ2v) is 9.57. The number of sulfone groups is 2. The number of fused-ring (bicyclic) bond motifs is 1. The maximum Gasteiger partial charge on any atom is 0.186 e. The fraction of sp³-hybridized carbons (Fsp3) is 0.250. The quantitative estimate of drug-likeness (QED) is 0.855. The molecule has 1 aliphatic heterocycles. The van der Waals surface area contributed by atoms with Gasteiger partial charge in [0.05, 0.1) is 15.5 Å². The molecule has 128 valence electrons. The first kappa shape index (κ1) is 16.9. The molecular formula is C16H17NO5S2. The van der Waals surface area contributed by atoms with Gasteiger partial charge in [0.2, 0.25) is 0 Å². The highest BCUT2D eigenvalue weighted by Gasteiger charge is 2.45. The van der Waals surface area contributed by atoms with Gasteiger partial charge in [-0.1, -0.05) is 24.3 Å². The Bertz CT molecular complexity index is 953. The molecule has 0 aromatic heterocycles. The molecule has 2 N–H and O–H groups in total. The van der Waals surface area contributed by atoms with Gasteiger partial charge in [0, 0.05) is 12.1 Å². The molecule has 2 aromatic rings. The average molecular weight is 367 g/mol. The normalized spacial score (nSPS) is 19.0. The summed E-state index contributed by atoms with van der Waals surface area (Å²) in [5, 5.41) is -1.19. The van der Waals surface area contributed by atoms with E-state index < -0.39 is 30.7 Å². The predicted octanol–water partition coefficient (Wildman–Crippen LogP) is 1.33. The Morgan fingerprint density at radius 1 is 1.08 bits per heavy atom. The first-order chi connectivity index (χ1) is 11.4. The highest BCUT2D eigenvalue weighted by molar-refractivity contribution is 7.96. The first-order valence-electron chi connectivity index (χ1n) is 7.35. The van der Waals surface area contributed by atoms with Crippen molar-refractivity contribution in [3.63, 3.8) is 0 Å². The topological polar surface area (TPSA) is 104 Å². The maximum absolute atomic E-state index is 13.0. The molecule has 1 heterocycles. The van der Waals surface area contributed by atoms with Crippen molar-refractivity contribution >= 4 is 19.7 Å². The van der Waals surface area contributed by atoms with Gasteiger partial charge in [-0.25, -0.2) is 16.8 Å². The lowest BCUT2D eigenvalue weighted by molar-refractivity contribution is 0.324. The summed E-state index contributed by atoms with van der Waals surface area (Å²) in [6, 6.07) is 12.4. The summed E-state index contributed by atoms with van der Waals surface area (Å²) in [7, 11) is -7.54. The summed E-state index contributed by atoms with van der Waals surface area (Å²) in [6.45, 7) is 0.418. The van der Waals surface area contributed by atoms with E-state index in [1.807, 2.05) is 0 Å². The smallest absolute Gasteiger partial charge is 0.186 e. The Morgan fingerprint density at radius 2 is 1.79 bits per heavy atom. The van der Waals surface area contributed by atoms with Crippen molar-refractivity contribution in [3.05, 3.63) is 54.1 Å². The molecule has 0 saturated heterocycles. The van der Waals surface area contributed by atoms with Crippen LogP contribution in [0.2, 0.25) is 0 Å². The third-order valence-corrected chi connectivity index (χ3v) is 7.97. The maximum atomic E-state index is 13.0. The SMILES string of the molecule is NCCOc1cccc2c1C(S(=O)(=O)c1ccccc1)CS2(=O)=O. The first-order valence-corrected chi connectivity index (χ1v) is 10.6. The van der Waals surface area contributed by atoms with Crippen molar-refractivity contribution in [2.75, 3.05) is 18.9 Å². The van der Waals surface area contributed by atoms with Gasteiger partial charge in [0.25, 0.3) is 0 Å². The molecule has 1 aliphatic rings. The van der Waals surface area contributed by atoms with Crippen LogP contribution in [-0.4, -0.2) is 35.7 Å². The Kier molecular flexibility index (Phi) is 4.37. The van der Waals surface area contributed by atoms with E-state index in [0.717, 1.165) is 0 Å². The Morgan fingerprint density at radius 3 is 2.46 bits per heavy atom. The van der Waals surface area contributed by atoms with Crippen LogP contribution in [0.15, 0.2) is 58.3 Å². The summed E-state index contributed by atoms with van der Waals surface area (Å²) < 4.78 is 56.3. The van der Waals surface area contributed by atoms with Crippen LogP contribution in [-0.2, 0) is 19.7 Å². The van der Waals surface area contributed by atoms with Crippen LogP contribution in [0.1, 0.15) is 10.8 Å². The van der Waals surface area contributed by atoms with E-state index in [9.17, 15) is 16.8 Å². The highest BCUT2D eigenvalue weighted by Crippen LogP contribution is 2.45. The van der Waals surface area contributed by atoms with E-state index in [2.05, 4.69) is 0 Å². The molecule has 0 saturated carbocycles. The fourth-order valence-corrected chi connectivity index (χ4v) is 7.15. The lowest BCUT2D eigenvalue weighted by Crippen LogP contribution is -2.17. The zero-order valence-corrected chi connectivity index (χ0v) is 14.4. The minimum absolute atomic E-state index is 0.0153. The Hall–Kier alpha value is -1.90. The number of nitrogens with two attached hydrogens (primary N) is 1. The van der Waals surface area contributed by atoms with Crippen LogP contribution < -0.4 is 10.5 Å². The van der Waals surface area contributed by atoms with Crippen LogP contribution in [0.4, 0.5) is 0 Å². The molecule has 0 spiro atoms. The van der Waals surface area contributed by atoms with Crippen LogP contribution in [0.3, 0.4) is 0 Å². The van der Waals surface area contributed by atoms with E-state index in [1.54, 1.807) is 30.3 Å². The van der Waals surface area contributed by atoms with Crippen molar-refractivity contribution in [2.24, 2.45) is 5.73 Å². The van der Waals surface area contributed by atoms with Gasteiger partial charge in [-0.2, -0.15) is 0 Å². The third kappa shape index (κ3) is 2.81. The molecular weight excluding hydrogens is 350 g/mol. The number of rotatable bonds is 5. The van der Waals surface area contributed by atoms with Crippen LogP contribution in [0.5, 0.6) is 5.75 Å². The molecule has 0 aliphatic carbocycles. The zero-order valence-electron chi connectivity index (χ0n) is 12.8. The van der Waals surface area contributed by atoms with Gasteiger partial charge < -0.3 is 10.5 Å². The van der Waals surface area contributed by atoms with Gasteiger partial charge in [-0.3, -0.25) is 0 Å². The molecule has 0 bridgehead atoms. The van der Waals surface area contributed by atoms with Gasteiger partial charge in [-0.15, -0.1) is 0 Å². The lowest BCUT2D eigenvalue weighted by atomic mass is 10.1. The second kappa shape index (κ2) is 6.19. The van der Waals surface area contributed by atoms with Crippen molar-refractivity contribution in [2.45, 2.75) is 15.0 Å². The van der Waals surface area contributed by atoms with Gasteiger partial charge in [0.15, 0.2) is 19.7 Å². The standard InChI is InChI=1S/C16H17NO5S2/c17-9-10-22-13-7-4-8-14-16(13)15(11-23(14,18)19)24(20,21)12-5-2-1-3-6-12/h1-8,15H,9-11,17H2. The van der Waals surface area contributed by atoms with E-state index in [0.29, 0.717) is 0 Å². The number of ether oxygens (including phenoxy) is 1. The van der Waals surface area contributed by atoms with E-state index in [-0.39, 0.29) is 34.3 Å². The fourth-order valence-electron chi connectivity index (χ4n) is 2.80. The van der Waals surface area contributed by atoms with Crippen molar-refractivity contribution in [1.82, 2.24) is 0 Å². The van der Waals surface area contributed by atoms with Gasteiger partial charge >= 0.3 is 0 Å². The van der Waals surface area contributed by atoms with Crippen molar-refractivity contribution < 1.29 is 21.6 Å². The molecule has 3 rings (SSSR count). The summed E-state index contributed by atoms with van der Waals surface area (Å²) in [5.41, 5.74) is 5.63. The molecule has 24 heavy (non-hydrogen) atoms. The van der Waals surface area contributed by atoms with Crippen molar-refractivity contribution in [1.29, 1.82) is 0 Å². The number of hydrogen-bond acceptors (Lipinski definition) is 6. The Labute approximate surface area is 141 Å². The van der Waals surface area contributed by atoms with Gasteiger partial charge in [-0.05, 0) is 24.3 Å². The lowest BCUT2D eigenvalue weighted by Gasteiger charge is -2.16. The molecule has 0 radical (unpaired) electrons. The average Bonchev–Trinajstić information content (AvgIpc) is 2.86. The molecule has 1 atom stereocenters. The van der Waals surface area contributed by atoms with Gasteiger partial charge in [0.1, 0.15) is 17.6 Å². The molecule has 2 aromatic carbocycles. The van der Waals surface area contributed by atoms with E-state index in [4.69, 9.17) is 10.5 Å². The largest absolute Gasteiger partial charge is 0.492 e. The zero-order chi connectivity index (χ0) is 17.4. The summed E-state index contributed by atoms with van der Waals surface area (Å²) in [5.74, 6) is -0.230. The Balaban J connectivity index is 2.18. The van der Waals surface area contributed by atoms with Crippen molar-refractivity contribution in [3.8, 4) is 5.75 Å². The summed E-state index contributed by atoms with van der Waals surface area (Å²) in [4.78, 5) is 0.105. The molecule has 0 fully saturated rings. The minimum atomic E-state index is -3.86. The molecule has 6 nitrogen and oxygen atoms in total. The number of benzene rings is 2. The van der Waals surface area contributed by atoms with Crippen LogP contribution in [0, 0.1) is 0 Å². The van der Waals surface area contributed by atoms with Crippen LogP contribution in [0.25, 0.3) is 0 Å². The summed E-state index contributed by atoms with van der Waals surface area (Å²) in [6.07, 6.45) is 0. The summed E-state index contributed by atoms with van der Waals surface area (Å²) >= 11 is 0. The predicted molar refractivity (Wildman–Crippen MR) is 89.4 cm³/mol. The highest BCUT2D eigenvalue weighted by atomic mass is 32.2. The monoisotopic (exact) mass is 367 g/mol. The van der Waals surface area contributed by atoms with E-state index in [1.165, 1.54) is 18.2 Å². The van der Waals surface area contributed by atoms with Crippen LogP contribution >= 0.6 is 0 Å².